The molecular weight excluding hydrogens is 374 g/mol. The number of benzene rings is 2. The fourth-order valence-electron chi connectivity index (χ4n) is 3.49. The molecule has 1 N–H and O–H groups in total. The van der Waals surface area contributed by atoms with Crippen molar-refractivity contribution in [2.24, 2.45) is 0 Å². The molecule has 2 aromatic carbocycles. The zero-order valence-corrected chi connectivity index (χ0v) is 16.4. The van der Waals surface area contributed by atoms with Crippen LogP contribution in [0.2, 0.25) is 0 Å². The Hall–Kier alpha value is -3.13. The van der Waals surface area contributed by atoms with Gasteiger partial charge in [0.1, 0.15) is 5.75 Å². The fraction of sp³-hybridized carbons (Fsp3) is 0.381. The number of nitrogens with one attached hydrogen (secondary N) is 1. The summed E-state index contributed by atoms with van der Waals surface area (Å²) in [5.74, 6) is 0.532. The van der Waals surface area contributed by atoms with Gasteiger partial charge in [0.25, 0.3) is 5.91 Å². The number of nitro benzene ring substituents is 1. The molecule has 0 spiro atoms. The molecule has 8 heteroatoms. The summed E-state index contributed by atoms with van der Waals surface area (Å²) in [6, 6.07) is 13.9. The van der Waals surface area contributed by atoms with Crippen molar-refractivity contribution in [1.29, 1.82) is 0 Å². The van der Waals surface area contributed by atoms with Crippen LogP contribution in [0.1, 0.15) is 24.4 Å². The van der Waals surface area contributed by atoms with E-state index in [1.807, 2.05) is 24.3 Å². The normalized spacial score (nSPS) is 14.9. The number of nitrogens with zero attached hydrogens (tertiary/aromatic N) is 2. The van der Waals surface area contributed by atoms with Gasteiger partial charge >= 0.3 is 5.69 Å². The van der Waals surface area contributed by atoms with E-state index in [1.165, 1.54) is 12.1 Å². The van der Waals surface area contributed by atoms with Gasteiger partial charge < -0.3 is 14.8 Å². The minimum Gasteiger partial charge on any atom is -0.497 e. The summed E-state index contributed by atoms with van der Waals surface area (Å²) in [6.45, 7) is 2.09. The Balaban J connectivity index is 1.62. The van der Waals surface area contributed by atoms with Crippen LogP contribution in [-0.4, -0.2) is 49.1 Å². The van der Waals surface area contributed by atoms with Crippen LogP contribution < -0.4 is 14.8 Å². The minimum absolute atomic E-state index is 0.0302. The molecule has 3 rings (SSSR count). The van der Waals surface area contributed by atoms with E-state index in [0.29, 0.717) is 6.54 Å². The number of carbonyl (C=O) groups is 1. The van der Waals surface area contributed by atoms with Crippen LogP contribution in [0.3, 0.4) is 0 Å². The third kappa shape index (κ3) is 5.45. The third-order valence-corrected chi connectivity index (χ3v) is 4.97. The number of likely N-dealkylation sites (tertiary alicyclic amines) is 1. The second kappa shape index (κ2) is 9.88. The lowest BCUT2D eigenvalue weighted by Crippen LogP contribution is -2.38. The SMILES string of the molecule is COc1cccc(C(CNC(=O)COc2ccccc2[N+](=O)[O-])N2CCCC2)c1. The molecule has 0 radical (unpaired) electrons. The predicted octanol–water partition coefficient (Wildman–Crippen LogP) is 2.94. The summed E-state index contributed by atoms with van der Waals surface area (Å²) < 4.78 is 10.7. The molecule has 0 bridgehead atoms. The zero-order valence-electron chi connectivity index (χ0n) is 16.4. The molecule has 29 heavy (non-hydrogen) atoms. The smallest absolute Gasteiger partial charge is 0.310 e. The lowest BCUT2D eigenvalue weighted by molar-refractivity contribution is -0.385. The van der Waals surface area contributed by atoms with Gasteiger partial charge in [-0.3, -0.25) is 19.8 Å². The van der Waals surface area contributed by atoms with E-state index in [1.54, 1.807) is 19.2 Å². The summed E-state index contributed by atoms with van der Waals surface area (Å²) in [7, 11) is 1.63. The molecule has 0 saturated carbocycles. The average molecular weight is 399 g/mol. The van der Waals surface area contributed by atoms with Gasteiger partial charge in [0.2, 0.25) is 0 Å². The van der Waals surface area contributed by atoms with Gasteiger partial charge in [-0.25, -0.2) is 0 Å². The van der Waals surface area contributed by atoms with Gasteiger partial charge in [0, 0.05) is 12.6 Å². The lowest BCUT2D eigenvalue weighted by atomic mass is 10.0. The van der Waals surface area contributed by atoms with Gasteiger partial charge in [-0.1, -0.05) is 24.3 Å². The van der Waals surface area contributed by atoms with Gasteiger partial charge in [-0.2, -0.15) is 0 Å². The number of ether oxygens (including phenoxy) is 2. The number of nitro groups is 1. The lowest BCUT2D eigenvalue weighted by Gasteiger charge is -2.28. The zero-order chi connectivity index (χ0) is 20.6. The standard InChI is InChI=1S/C21H25N3O5/c1-28-17-8-6-7-16(13-17)19(23-11-4-5-12-23)14-22-21(25)15-29-20-10-3-2-9-18(20)24(26)27/h2-3,6-10,13,19H,4-5,11-12,14-15H2,1H3,(H,22,25). The Morgan fingerprint density at radius 2 is 1.97 bits per heavy atom. The third-order valence-electron chi connectivity index (χ3n) is 4.97. The average Bonchev–Trinajstić information content (AvgIpc) is 3.27. The highest BCUT2D eigenvalue weighted by atomic mass is 16.6. The highest BCUT2D eigenvalue weighted by molar-refractivity contribution is 5.77. The van der Waals surface area contributed by atoms with Crippen molar-refractivity contribution in [1.82, 2.24) is 10.2 Å². The van der Waals surface area contributed by atoms with Crippen molar-refractivity contribution < 1.29 is 19.2 Å². The Bertz CT molecular complexity index is 852. The predicted molar refractivity (Wildman–Crippen MR) is 108 cm³/mol. The van der Waals surface area contributed by atoms with Crippen molar-refractivity contribution in [2.45, 2.75) is 18.9 Å². The summed E-state index contributed by atoms with van der Waals surface area (Å²) in [5.41, 5.74) is 0.915. The molecule has 0 aliphatic carbocycles. The fourth-order valence-corrected chi connectivity index (χ4v) is 3.49. The molecule has 0 aromatic heterocycles. The first kappa shape index (κ1) is 20.6. The maximum atomic E-state index is 12.3. The molecule has 1 aliphatic heterocycles. The number of amides is 1. The number of carbonyl (C=O) groups excluding carboxylic acids is 1. The van der Waals surface area contributed by atoms with Crippen LogP contribution in [0.25, 0.3) is 0 Å². The first-order chi connectivity index (χ1) is 14.1. The van der Waals surface area contributed by atoms with Crippen LogP contribution in [-0.2, 0) is 4.79 Å². The molecule has 1 saturated heterocycles. The van der Waals surface area contributed by atoms with E-state index in [9.17, 15) is 14.9 Å². The summed E-state index contributed by atoms with van der Waals surface area (Å²) >= 11 is 0. The highest BCUT2D eigenvalue weighted by Crippen LogP contribution is 2.27. The van der Waals surface area contributed by atoms with E-state index in [2.05, 4.69) is 10.2 Å². The second-order valence-corrected chi connectivity index (χ2v) is 6.85. The Labute approximate surface area is 169 Å². The van der Waals surface area contributed by atoms with Crippen molar-refractivity contribution >= 4 is 11.6 Å². The van der Waals surface area contributed by atoms with Gasteiger partial charge in [0.15, 0.2) is 12.4 Å². The minimum atomic E-state index is -0.528. The number of rotatable bonds is 9. The largest absolute Gasteiger partial charge is 0.497 e. The molecule has 8 nitrogen and oxygen atoms in total. The van der Waals surface area contributed by atoms with Crippen LogP contribution in [0.5, 0.6) is 11.5 Å². The van der Waals surface area contributed by atoms with Crippen molar-refractivity contribution in [3.63, 3.8) is 0 Å². The molecule has 2 aromatic rings. The van der Waals surface area contributed by atoms with Crippen LogP contribution >= 0.6 is 0 Å². The molecule has 154 valence electrons. The second-order valence-electron chi connectivity index (χ2n) is 6.85. The number of hydrogen-bond acceptors (Lipinski definition) is 6. The van der Waals surface area contributed by atoms with Crippen LogP contribution in [0.4, 0.5) is 5.69 Å². The monoisotopic (exact) mass is 399 g/mol. The molecule has 1 amide bonds. The molecular formula is C21H25N3O5. The van der Waals surface area contributed by atoms with Crippen molar-refractivity contribution in [3.8, 4) is 11.5 Å². The number of para-hydroxylation sites is 2. The Morgan fingerprint density at radius 3 is 2.69 bits per heavy atom. The van der Waals surface area contributed by atoms with Crippen molar-refractivity contribution in [3.05, 3.63) is 64.2 Å². The van der Waals surface area contributed by atoms with E-state index < -0.39 is 4.92 Å². The summed E-state index contributed by atoms with van der Waals surface area (Å²) in [5, 5.41) is 13.9. The molecule has 1 atom stereocenters. The number of methoxy groups -OCH3 is 1. The first-order valence-corrected chi connectivity index (χ1v) is 9.59. The quantitative estimate of drug-likeness (QED) is 0.515. The first-order valence-electron chi connectivity index (χ1n) is 9.59. The Morgan fingerprint density at radius 1 is 1.21 bits per heavy atom. The maximum absolute atomic E-state index is 12.3. The molecule has 1 aliphatic rings. The van der Waals surface area contributed by atoms with E-state index >= 15 is 0 Å². The van der Waals surface area contributed by atoms with Crippen molar-refractivity contribution in [2.75, 3.05) is 33.4 Å². The van der Waals surface area contributed by atoms with Gasteiger partial charge in [-0.15, -0.1) is 0 Å². The van der Waals surface area contributed by atoms with E-state index in [-0.39, 0.29) is 30.0 Å². The van der Waals surface area contributed by atoms with Gasteiger partial charge in [0.05, 0.1) is 18.1 Å². The van der Waals surface area contributed by atoms with Gasteiger partial charge in [-0.05, 0) is 49.7 Å². The topological polar surface area (TPSA) is 93.9 Å². The maximum Gasteiger partial charge on any atom is 0.310 e. The van der Waals surface area contributed by atoms with E-state index in [0.717, 1.165) is 37.2 Å². The molecule has 1 unspecified atom stereocenters. The van der Waals surface area contributed by atoms with Crippen LogP contribution in [0.15, 0.2) is 48.5 Å². The number of hydrogen-bond donors (Lipinski definition) is 1. The summed E-state index contributed by atoms with van der Waals surface area (Å²) in [4.78, 5) is 25.2. The molecule has 1 fully saturated rings. The van der Waals surface area contributed by atoms with E-state index in [4.69, 9.17) is 9.47 Å². The highest BCUT2D eigenvalue weighted by Gasteiger charge is 2.24. The van der Waals surface area contributed by atoms with Crippen LogP contribution in [0, 0.1) is 10.1 Å². The molecule has 1 heterocycles. The Kier molecular flexibility index (Phi) is 7.02. The summed E-state index contributed by atoms with van der Waals surface area (Å²) in [6.07, 6.45) is 2.27.